The van der Waals surface area contributed by atoms with Gasteiger partial charge in [-0.2, -0.15) is 0 Å². The molecule has 1 unspecified atom stereocenters. The van der Waals surface area contributed by atoms with E-state index in [4.69, 9.17) is 0 Å². The molecule has 1 saturated heterocycles. The summed E-state index contributed by atoms with van der Waals surface area (Å²) < 4.78 is 8.63. The average Bonchev–Trinajstić information content (AvgIpc) is 2.13. The summed E-state index contributed by atoms with van der Waals surface area (Å²) in [7, 11) is 0. The summed E-state index contributed by atoms with van der Waals surface area (Å²) in [5.74, 6) is -0.563. The first-order chi connectivity index (χ1) is 4.74. The van der Waals surface area contributed by atoms with Crippen molar-refractivity contribution in [1.29, 1.82) is 0 Å². The minimum absolute atomic E-state index is 0.546. The van der Waals surface area contributed by atoms with E-state index in [1.807, 2.05) is 6.92 Å². The van der Waals surface area contributed by atoms with Gasteiger partial charge in [-0.25, -0.2) is 9.59 Å². The lowest BCUT2D eigenvalue weighted by Gasteiger charge is -1.98. The molecule has 10 heavy (non-hydrogen) atoms. The molecule has 0 spiro atoms. The highest BCUT2D eigenvalue weighted by Crippen LogP contribution is 2.12. The normalized spacial score (nSPS) is 24.3. The fourth-order valence-corrected chi connectivity index (χ4v) is 0.775. The van der Waals surface area contributed by atoms with Crippen molar-refractivity contribution in [2.75, 3.05) is 0 Å². The Kier molecular flexibility index (Phi) is 1.89. The van der Waals surface area contributed by atoms with Crippen LogP contribution in [-0.2, 0) is 14.3 Å². The molecule has 1 heterocycles. The molecule has 0 aliphatic carbocycles. The van der Waals surface area contributed by atoms with Crippen LogP contribution >= 0.6 is 0 Å². The average molecular weight is 144 g/mol. The van der Waals surface area contributed by atoms with Crippen LogP contribution in [0.25, 0.3) is 0 Å². The second kappa shape index (κ2) is 2.68. The third-order valence-corrected chi connectivity index (χ3v) is 1.24. The highest BCUT2D eigenvalue weighted by Gasteiger charge is 2.33. The minimum Gasteiger partial charge on any atom is -0.419 e. The van der Waals surface area contributed by atoms with Crippen molar-refractivity contribution in [2.45, 2.75) is 25.9 Å². The Labute approximate surface area is 58.1 Å². The van der Waals surface area contributed by atoms with Crippen LogP contribution in [0.5, 0.6) is 0 Å². The van der Waals surface area contributed by atoms with Crippen LogP contribution in [0.15, 0.2) is 0 Å². The summed E-state index contributed by atoms with van der Waals surface area (Å²) in [6.45, 7) is 1.90. The topological polar surface area (TPSA) is 52.6 Å². The summed E-state index contributed by atoms with van der Waals surface area (Å²) in [6.07, 6.45) is -0.182. The second-order valence-electron chi connectivity index (χ2n) is 2.07. The molecule has 1 atom stereocenters. The van der Waals surface area contributed by atoms with E-state index in [1.165, 1.54) is 0 Å². The van der Waals surface area contributed by atoms with Gasteiger partial charge in [-0.05, 0) is 6.42 Å². The molecule has 1 aliphatic rings. The van der Waals surface area contributed by atoms with E-state index in [2.05, 4.69) is 9.47 Å². The number of esters is 1. The molecule has 0 N–H and O–H groups in total. The zero-order valence-corrected chi connectivity index (χ0v) is 5.62. The lowest BCUT2D eigenvalue weighted by Crippen LogP contribution is -2.14. The largest absolute Gasteiger partial charge is 0.517 e. The summed E-state index contributed by atoms with van der Waals surface area (Å²) in [4.78, 5) is 20.9. The predicted octanol–water partition coefficient (Wildman–Crippen LogP) is 0.849. The molecule has 0 aromatic carbocycles. The van der Waals surface area contributed by atoms with Crippen LogP contribution in [0.2, 0.25) is 0 Å². The molecule has 4 heteroatoms. The van der Waals surface area contributed by atoms with Crippen molar-refractivity contribution < 1.29 is 19.1 Å². The molecule has 56 valence electrons. The molecule has 0 bridgehead atoms. The number of carbonyl (C=O) groups excluding carboxylic acids is 2. The van der Waals surface area contributed by atoms with Gasteiger partial charge >= 0.3 is 12.1 Å². The maximum Gasteiger partial charge on any atom is 0.517 e. The maximum absolute atomic E-state index is 10.6. The van der Waals surface area contributed by atoms with E-state index in [0.29, 0.717) is 6.42 Å². The van der Waals surface area contributed by atoms with Crippen LogP contribution in [0.4, 0.5) is 4.79 Å². The Morgan fingerprint density at radius 2 is 2.20 bits per heavy atom. The fourth-order valence-electron chi connectivity index (χ4n) is 0.775. The molecular weight excluding hydrogens is 136 g/mol. The quantitative estimate of drug-likeness (QED) is 0.425. The van der Waals surface area contributed by atoms with Gasteiger partial charge < -0.3 is 9.47 Å². The van der Waals surface area contributed by atoms with E-state index in [1.54, 1.807) is 0 Å². The molecule has 0 amide bonds. The van der Waals surface area contributed by atoms with Gasteiger partial charge in [-0.3, -0.25) is 0 Å². The van der Waals surface area contributed by atoms with Gasteiger partial charge in [0.25, 0.3) is 0 Å². The molecule has 0 aromatic rings. The first kappa shape index (κ1) is 7.05. The number of carbonyl (C=O) groups is 2. The lowest BCUT2D eigenvalue weighted by atomic mass is 10.2. The molecule has 1 rings (SSSR count). The summed E-state index contributed by atoms with van der Waals surface area (Å²) in [6, 6.07) is 0. The zero-order valence-electron chi connectivity index (χ0n) is 5.62. The van der Waals surface area contributed by atoms with Crippen LogP contribution in [-0.4, -0.2) is 18.2 Å². The molecule has 0 aromatic heterocycles. The third-order valence-electron chi connectivity index (χ3n) is 1.24. The fraction of sp³-hybridized carbons (Fsp3) is 0.667. The monoisotopic (exact) mass is 144 g/mol. The van der Waals surface area contributed by atoms with Crippen molar-refractivity contribution in [3.8, 4) is 0 Å². The van der Waals surface area contributed by atoms with Crippen molar-refractivity contribution in [2.24, 2.45) is 0 Å². The highest BCUT2D eigenvalue weighted by molar-refractivity contribution is 5.90. The van der Waals surface area contributed by atoms with Crippen molar-refractivity contribution in [3.63, 3.8) is 0 Å². The minimum atomic E-state index is -0.872. The Balaban J connectivity index is 2.46. The lowest BCUT2D eigenvalue weighted by molar-refractivity contribution is -0.136. The molecule has 1 aliphatic heterocycles. The van der Waals surface area contributed by atoms with Crippen molar-refractivity contribution in [3.05, 3.63) is 0 Å². The standard InChI is InChI=1S/C6H8O4/c1-2-3-4-5(7)10-6(8)9-4/h4H,2-3H2,1H3. The first-order valence-electron chi connectivity index (χ1n) is 3.16. The van der Waals surface area contributed by atoms with Gasteiger partial charge in [0.15, 0.2) is 0 Å². The number of cyclic esters (lactones) is 3. The maximum atomic E-state index is 10.6. The van der Waals surface area contributed by atoms with E-state index in [0.717, 1.165) is 6.42 Å². The second-order valence-corrected chi connectivity index (χ2v) is 2.07. The molecule has 0 saturated carbocycles. The summed E-state index contributed by atoms with van der Waals surface area (Å²) in [5, 5.41) is 0. The van der Waals surface area contributed by atoms with Crippen molar-refractivity contribution in [1.82, 2.24) is 0 Å². The smallest absolute Gasteiger partial charge is 0.419 e. The Morgan fingerprint density at radius 3 is 2.60 bits per heavy atom. The third kappa shape index (κ3) is 1.26. The van der Waals surface area contributed by atoms with Crippen LogP contribution in [0.1, 0.15) is 19.8 Å². The Morgan fingerprint density at radius 1 is 1.50 bits per heavy atom. The van der Waals surface area contributed by atoms with E-state index < -0.39 is 18.2 Å². The van der Waals surface area contributed by atoms with Gasteiger partial charge in [-0.15, -0.1) is 0 Å². The highest BCUT2D eigenvalue weighted by atomic mass is 16.8. The van der Waals surface area contributed by atoms with Crippen LogP contribution in [0, 0.1) is 0 Å². The van der Waals surface area contributed by atoms with Gasteiger partial charge in [0.05, 0.1) is 0 Å². The van der Waals surface area contributed by atoms with Crippen molar-refractivity contribution >= 4 is 12.1 Å². The van der Waals surface area contributed by atoms with Crippen LogP contribution in [0.3, 0.4) is 0 Å². The number of ether oxygens (including phenoxy) is 2. The summed E-state index contributed by atoms with van der Waals surface area (Å²) in [5.41, 5.74) is 0. The van der Waals surface area contributed by atoms with E-state index in [-0.39, 0.29) is 0 Å². The number of hydrogen-bond donors (Lipinski definition) is 0. The van der Waals surface area contributed by atoms with Gasteiger partial charge in [-0.1, -0.05) is 13.3 Å². The van der Waals surface area contributed by atoms with Gasteiger partial charge in [0, 0.05) is 0 Å². The first-order valence-corrected chi connectivity index (χ1v) is 3.16. The van der Waals surface area contributed by atoms with Gasteiger partial charge in [0.2, 0.25) is 6.10 Å². The Hall–Kier alpha value is -1.06. The molecular formula is C6H8O4. The SMILES string of the molecule is CCCC1OC(=O)OC1=O. The number of hydrogen-bond acceptors (Lipinski definition) is 4. The molecule has 1 fully saturated rings. The Bertz CT molecular complexity index is 163. The predicted molar refractivity (Wildman–Crippen MR) is 31.3 cm³/mol. The van der Waals surface area contributed by atoms with E-state index in [9.17, 15) is 9.59 Å². The number of rotatable bonds is 2. The molecule has 0 radical (unpaired) electrons. The van der Waals surface area contributed by atoms with Crippen LogP contribution < -0.4 is 0 Å². The molecule has 4 nitrogen and oxygen atoms in total. The van der Waals surface area contributed by atoms with E-state index >= 15 is 0 Å². The summed E-state index contributed by atoms with van der Waals surface area (Å²) >= 11 is 0. The zero-order chi connectivity index (χ0) is 7.56. The van der Waals surface area contributed by atoms with Gasteiger partial charge in [0.1, 0.15) is 0 Å².